The van der Waals surface area contributed by atoms with E-state index in [1.54, 1.807) is 30.5 Å². The van der Waals surface area contributed by atoms with Crippen molar-refractivity contribution >= 4 is 11.8 Å². The zero-order chi connectivity index (χ0) is 17.5. The van der Waals surface area contributed by atoms with Crippen molar-refractivity contribution in [2.75, 3.05) is 13.7 Å². The number of hydrogen-bond donors (Lipinski definition) is 2. The fraction of sp³-hybridized carbons (Fsp3) is 0.294. The van der Waals surface area contributed by atoms with Crippen LogP contribution in [-0.4, -0.2) is 31.6 Å². The monoisotopic (exact) mass is 332 g/mol. The summed E-state index contributed by atoms with van der Waals surface area (Å²) in [5.41, 5.74) is 5.46. The molecular weight excluding hydrogens is 312 g/mol. The molecule has 1 atom stereocenters. The van der Waals surface area contributed by atoms with Crippen LogP contribution in [0.25, 0.3) is 0 Å². The van der Waals surface area contributed by atoms with Crippen LogP contribution in [0.15, 0.2) is 41.0 Å². The minimum absolute atomic E-state index is 0.0968. The molecule has 2 amide bonds. The second-order valence-electron chi connectivity index (χ2n) is 5.28. The van der Waals surface area contributed by atoms with Gasteiger partial charge in [-0.3, -0.25) is 9.59 Å². The maximum Gasteiger partial charge on any atom is 0.255 e. The lowest BCUT2D eigenvalue weighted by atomic mass is 10.1. The molecule has 128 valence electrons. The number of primary amides is 1. The molecule has 1 aromatic carbocycles. The molecular formula is C17H20N2O5. The van der Waals surface area contributed by atoms with Gasteiger partial charge in [0.05, 0.1) is 13.4 Å². The number of carbonyl (C=O) groups is 2. The molecule has 0 aliphatic rings. The van der Waals surface area contributed by atoms with E-state index in [9.17, 15) is 9.59 Å². The van der Waals surface area contributed by atoms with Crippen LogP contribution in [0.5, 0.6) is 11.5 Å². The molecule has 1 aromatic heterocycles. The minimum atomic E-state index is -0.592. The first-order valence-electron chi connectivity index (χ1n) is 7.42. The van der Waals surface area contributed by atoms with Crippen molar-refractivity contribution in [1.82, 2.24) is 5.32 Å². The molecule has 0 radical (unpaired) electrons. The Morgan fingerprint density at radius 1 is 1.29 bits per heavy atom. The van der Waals surface area contributed by atoms with Crippen LogP contribution in [0.3, 0.4) is 0 Å². The van der Waals surface area contributed by atoms with Crippen LogP contribution in [0.1, 0.15) is 23.0 Å². The predicted molar refractivity (Wildman–Crippen MR) is 87.0 cm³/mol. The number of amides is 2. The van der Waals surface area contributed by atoms with Gasteiger partial charge in [0.15, 0.2) is 18.1 Å². The average Bonchev–Trinajstić information content (AvgIpc) is 3.05. The Hall–Kier alpha value is -2.96. The molecule has 3 N–H and O–H groups in total. The summed E-state index contributed by atoms with van der Waals surface area (Å²) in [4.78, 5) is 23.1. The smallest absolute Gasteiger partial charge is 0.255 e. The lowest BCUT2D eigenvalue weighted by molar-refractivity contribution is -0.119. The van der Waals surface area contributed by atoms with Crippen LogP contribution in [0, 0.1) is 0 Å². The number of carbonyl (C=O) groups excluding carboxylic acids is 2. The van der Waals surface area contributed by atoms with Crippen molar-refractivity contribution in [2.24, 2.45) is 5.73 Å². The Kier molecular flexibility index (Phi) is 5.83. The number of furan rings is 1. The van der Waals surface area contributed by atoms with Crippen molar-refractivity contribution in [3.8, 4) is 11.5 Å². The lowest BCUT2D eigenvalue weighted by Gasteiger charge is -2.14. The van der Waals surface area contributed by atoms with Crippen LogP contribution in [-0.2, 0) is 11.2 Å². The summed E-state index contributed by atoms with van der Waals surface area (Å²) < 4.78 is 15.7. The van der Waals surface area contributed by atoms with Crippen molar-refractivity contribution in [3.63, 3.8) is 0 Å². The highest BCUT2D eigenvalue weighted by Gasteiger charge is 2.14. The molecule has 0 fully saturated rings. The van der Waals surface area contributed by atoms with Gasteiger partial charge in [-0.05, 0) is 37.3 Å². The summed E-state index contributed by atoms with van der Waals surface area (Å²) in [7, 11) is 1.45. The third kappa shape index (κ3) is 4.77. The number of ether oxygens (including phenoxy) is 2. The van der Waals surface area contributed by atoms with Crippen molar-refractivity contribution < 1.29 is 23.5 Å². The zero-order valence-corrected chi connectivity index (χ0v) is 13.6. The molecule has 7 heteroatoms. The molecule has 2 aromatic rings. The van der Waals surface area contributed by atoms with Crippen molar-refractivity contribution in [2.45, 2.75) is 19.4 Å². The summed E-state index contributed by atoms with van der Waals surface area (Å²) in [6.45, 7) is 1.63. The molecule has 0 bridgehead atoms. The van der Waals surface area contributed by atoms with Crippen LogP contribution in [0.4, 0.5) is 0 Å². The highest BCUT2D eigenvalue weighted by Crippen LogP contribution is 2.28. The van der Waals surface area contributed by atoms with Crippen molar-refractivity contribution in [3.05, 3.63) is 47.9 Å². The molecule has 0 unspecified atom stereocenters. The maximum absolute atomic E-state index is 12.3. The highest BCUT2D eigenvalue weighted by atomic mass is 16.5. The SMILES string of the molecule is COc1cc(C(=O)N[C@H](C)Cc2ccco2)ccc1OCC(N)=O. The Balaban J connectivity index is 2.02. The molecule has 24 heavy (non-hydrogen) atoms. The van der Waals surface area contributed by atoms with E-state index in [-0.39, 0.29) is 18.6 Å². The summed E-state index contributed by atoms with van der Waals surface area (Å²) in [6, 6.07) is 8.27. The quantitative estimate of drug-likeness (QED) is 0.762. The van der Waals surface area contributed by atoms with Gasteiger partial charge in [-0.25, -0.2) is 0 Å². The van der Waals surface area contributed by atoms with E-state index < -0.39 is 5.91 Å². The number of rotatable bonds is 8. The first kappa shape index (κ1) is 17.4. The first-order chi connectivity index (χ1) is 11.5. The second-order valence-corrected chi connectivity index (χ2v) is 5.28. The van der Waals surface area contributed by atoms with Gasteiger partial charge in [0, 0.05) is 18.0 Å². The first-order valence-corrected chi connectivity index (χ1v) is 7.42. The van der Waals surface area contributed by atoms with Gasteiger partial charge in [-0.1, -0.05) is 0 Å². The van der Waals surface area contributed by atoms with E-state index >= 15 is 0 Å². The van der Waals surface area contributed by atoms with Crippen molar-refractivity contribution in [1.29, 1.82) is 0 Å². The summed E-state index contributed by atoms with van der Waals surface area (Å²) in [5.74, 6) is 0.661. The van der Waals surface area contributed by atoms with E-state index in [0.29, 0.717) is 23.5 Å². The Labute approximate surface area is 139 Å². The van der Waals surface area contributed by atoms with Gasteiger partial charge in [-0.2, -0.15) is 0 Å². The molecule has 0 aliphatic heterocycles. The number of nitrogens with two attached hydrogens (primary N) is 1. The lowest BCUT2D eigenvalue weighted by Crippen LogP contribution is -2.34. The largest absolute Gasteiger partial charge is 0.493 e. The van der Waals surface area contributed by atoms with Gasteiger partial charge in [-0.15, -0.1) is 0 Å². The third-order valence-corrected chi connectivity index (χ3v) is 3.26. The van der Waals surface area contributed by atoms with Crippen LogP contribution in [0.2, 0.25) is 0 Å². The Morgan fingerprint density at radius 3 is 2.71 bits per heavy atom. The van der Waals surface area contributed by atoms with Crippen LogP contribution < -0.4 is 20.5 Å². The minimum Gasteiger partial charge on any atom is -0.493 e. The fourth-order valence-electron chi connectivity index (χ4n) is 2.17. The number of methoxy groups -OCH3 is 1. The van der Waals surface area contributed by atoms with Gasteiger partial charge in [0.1, 0.15) is 5.76 Å². The molecule has 7 nitrogen and oxygen atoms in total. The van der Waals surface area contributed by atoms with Gasteiger partial charge < -0.3 is 24.9 Å². The number of hydrogen-bond acceptors (Lipinski definition) is 5. The predicted octanol–water partition coefficient (Wildman–Crippen LogP) is 1.51. The van der Waals surface area contributed by atoms with E-state index in [2.05, 4.69) is 5.32 Å². The molecule has 0 saturated carbocycles. The molecule has 2 rings (SSSR count). The highest BCUT2D eigenvalue weighted by molar-refractivity contribution is 5.95. The average molecular weight is 332 g/mol. The van der Waals surface area contributed by atoms with Gasteiger partial charge in [0.2, 0.25) is 0 Å². The molecule has 0 spiro atoms. The van der Waals surface area contributed by atoms with Crippen LogP contribution >= 0.6 is 0 Å². The summed E-state index contributed by atoms with van der Waals surface area (Å²) in [5, 5.41) is 2.89. The summed E-state index contributed by atoms with van der Waals surface area (Å²) >= 11 is 0. The standard InChI is InChI=1S/C17H20N2O5/c1-11(8-13-4-3-7-23-13)19-17(21)12-5-6-14(15(9-12)22-2)24-10-16(18)20/h3-7,9,11H,8,10H2,1-2H3,(H2,18,20)(H,19,21)/t11-/m1/s1. The second kappa shape index (κ2) is 8.05. The van der Waals surface area contributed by atoms with Gasteiger partial charge in [0.25, 0.3) is 11.8 Å². The molecule has 0 aliphatic carbocycles. The van der Waals surface area contributed by atoms with E-state index in [0.717, 1.165) is 5.76 Å². The number of nitrogens with one attached hydrogen (secondary N) is 1. The van der Waals surface area contributed by atoms with E-state index in [1.807, 2.05) is 13.0 Å². The third-order valence-electron chi connectivity index (χ3n) is 3.26. The topological polar surface area (TPSA) is 104 Å². The Morgan fingerprint density at radius 2 is 2.08 bits per heavy atom. The number of benzene rings is 1. The fourth-order valence-corrected chi connectivity index (χ4v) is 2.17. The Bertz CT molecular complexity index is 697. The summed E-state index contributed by atoms with van der Waals surface area (Å²) in [6.07, 6.45) is 2.19. The van der Waals surface area contributed by atoms with Gasteiger partial charge >= 0.3 is 0 Å². The maximum atomic E-state index is 12.3. The molecule has 1 heterocycles. The van der Waals surface area contributed by atoms with E-state index in [4.69, 9.17) is 19.6 Å². The molecule has 0 saturated heterocycles. The normalized spacial score (nSPS) is 11.6. The van der Waals surface area contributed by atoms with E-state index in [1.165, 1.54) is 7.11 Å². The zero-order valence-electron chi connectivity index (χ0n) is 13.6.